The van der Waals surface area contributed by atoms with E-state index in [0.717, 1.165) is 12.8 Å². The molecular weight excluding hydrogens is 293 g/mol. The van der Waals surface area contributed by atoms with Crippen molar-refractivity contribution in [1.29, 1.82) is 0 Å². The Morgan fingerprint density at radius 3 is 2.62 bits per heavy atom. The number of halogens is 1. The maximum Gasteiger partial charge on any atom is 0.216 e. The fourth-order valence-electron chi connectivity index (χ4n) is 3.09. The SMILES string of the molecule is CC1CCCC(CO)(NS(=O)(=O)Cc2ccc(F)cc2)C1. The van der Waals surface area contributed by atoms with Gasteiger partial charge in [0, 0.05) is 0 Å². The van der Waals surface area contributed by atoms with Crippen LogP contribution in [0.4, 0.5) is 4.39 Å². The van der Waals surface area contributed by atoms with Gasteiger partial charge in [0.25, 0.3) is 0 Å². The van der Waals surface area contributed by atoms with E-state index >= 15 is 0 Å². The second-order valence-corrected chi connectivity index (χ2v) is 7.85. The van der Waals surface area contributed by atoms with Crippen molar-refractivity contribution < 1.29 is 17.9 Å². The minimum atomic E-state index is -3.57. The summed E-state index contributed by atoms with van der Waals surface area (Å²) < 4.78 is 40.1. The van der Waals surface area contributed by atoms with Crippen LogP contribution in [0.25, 0.3) is 0 Å². The molecule has 0 aliphatic heterocycles. The number of aliphatic hydroxyl groups excluding tert-OH is 1. The van der Waals surface area contributed by atoms with Crippen molar-refractivity contribution in [3.8, 4) is 0 Å². The molecule has 6 heteroatoms. The number of benzene rings is 1. The van der Waals surface area contributed by atoms with Gasteiger partial charge in [-0.1, -0.05) is 31.9 Å². The molecule has 2 N–H and O–H groups in total. The first-order valence-electron chi connectivity index (χ1n) is 7.21. The Balaban J connectivity index is 2.10. The number of hydrogen-bond donors (Lipinski definition) is 2. The normalized spacial score (nSPS) is 26.7. The summed E-state index contributed by atoms with van der Waals surface area (Å²) in [6.07, 6.45) is 3.25. The zero-order chi connectivity index (χ0) is 15.5. The lowest BCUT2D eigenvalue weighted by Gasteiger charge is -2.39. The average molecular weight is 315 g/mol. The summed E-state index contributed by atoms with van der Waals surface area (Å²) in [4.78, 5) is 0. The van der Waals surface area contributed by atoms with Crippen molar-refractivity contribution in [2.24, 2.45) is 5.92 Å². The summed E-state index contributed by atoms with van der Waals surface area (Å²) in [6, 6.07) is 5.41. The van der Waals surface area contributed by atoms with Crippen LogP contribution in [-0.2, 0) is 15.8 Å². The lowest BCUT2D eigenvalue weighted by Crippen LogP contribution is -2.53. The Hall–Kier alpha value is -0.980. The van der Waals surface area contributed by atoms with Crippen molar-refractivity contribution >= 4 is 10.0 Å². The van der Waals surface area contributed by atoms with Gasteiger partial charge in [-0.3, -0.25) is 0 Å². The molecule has 0 spiro atoms. The van der Waals surface area contributed by atoms with Crippen LogP contribution in [0.3, 0.4) is 0 Å². The molecule has 1 aromatic rings. The second kappa shape index (κ2) is 6.42. The van der Waals surface area contributed by atoms with Crippen molar-refractivity contribution in [2.75, 3.05) is 6.61 Å². The third-order valence-electron chi connectivity index (χ3n) is 4.04. The molecule has 0 heterocycles. The summed E-state index contributed by atoms with van der Waals surface area (Å²) in [5.74, 6) is -0.208. The topological polar surface area (TPSA) is 66.4 Å². The molecule has 0 amide bonds. The Kier molecular flexibility index (Phi) is 5.01. The molecule has 1 aromatic carbocycles. The van der Waals surface area contributed by atoms with Gasteiger partial charge in [-0.2, -0.15) is 0 Å². The van der Waals surface area contributed by atoms with E-state index in [0.29, 0.717) is 24.3 Å². The number of hydrogen-bond acceptors (Lipinski definition) is 3. The number of aliphatic hydroxyl groups is 1. The molecule has 2 rings (SSSR count). The van der Waals surface area contributed by atoms with Crippen LogP contribution in [0.5, 0.6) is 0 Å². The highest BCUT2D eigenvalue weighted by Crippen LogP contribution is 2.32. The minimum Gasteiger partial charge on any atom is -0.394 e. The highest BCUT2D eigenvalue weighted by molar-refractivity contribution is 7.88. The predicted octanol–water partition coefficient (Wildman–Crippen LogP) is 2.19. The summed E-state index contributed by atoms with van der Waals surface area (Å²) >= 11 is 0. The summed E-state index contributed by atoms with van der Waals surface area (Å²) in [5, 5.41) is 9.65. The van der Waals surface area contributed by atoms with Crippen LogP contribution >= 0.6 is 0 Å². The van der Waals surface area contributed by atoms with Gasteiger partial charge in [0.15, 0.2) is 0 Å². The second-order valence-electron chi connectivity index (χ2n) is 6.13. The van der Waals surface area contributed by atoms with E-state index in [2.05, 4.69) is 11.6 Å². The Morgan fingerprint density at radius 1 is 1.38 bits per heavy atom. The standard InChI is InChI=1S/C15H22FNO3S/c1-12-3-2-8-15(9-12,11-18)17-21(19,20)10-13-4-6-14(16)7-5-13/h4-7,12,17-18H,2-3,8-11H2,1H3. The minimum absolute atomic E-state index is 0.194. The van der Waals surface area contributed by atoms with Crippen molar-refractivity contribution in [3.63, 3.8) is 0 Å². The first-order chi connectivity index (χ1) is 9.84. The average Bonchev–Trinajstić information content (AvgIpc) is 2.40. The summed E-state index contributed by atoms with van der Waals surface area (Å²) in [5.41, 5.74) is -0.225. The molecule has 0 saturated heterocycles. The first kappa shape index (κ1) is 16.4. The molecule has 2 atom stereocenters. The smallest absolute Gasteiger partial charge is 0.216 e. The van der Waals surface area contributed by atoms with Crippen LogP contribution in [0.1, 0.15) is 38.2 Å². The van der Waals surface area contributed by atoms with E-state index in [1.165, 1.54) is 24.3 Å². The van der Waals surface area contributed by atoms with Crippen LogP contribution in [0.2, 0.25) is 0 Å². The molecule has 1 aliphatic carbocycles. The van der Waals surface area contributed by atoms with Gasteiger partial charge in [-0.15, -0.1) is 0 Å². The molecule has 1 saturated carbocycles. The zero-order valence-electron chi connectivity index (χ0n) is 12.2. The molecular formula is C15H22FNO3S. The molecule has 2 unspecified atom stereocenters. The van der Waals surface area contributed by atoms with Crippen LogP contribution in [0, 0.1) is 11.7 Å². The highest BCUT2D eigenvalue weighted by atomic mass is 32.2. The maximum atomic E-state index is 12.9. The van der Waals surface area contributed by atoms with Gasteiger partial charge in [0.1, 0.15) is 5.82 Å². The summed E-state index contributed by atoms with van der Waals surface area (Å²) in [7, 11) is -3.57. The Morgan fingerprint density at radius 2 is 2.05 bits per heavy atom. The van der Waals surface area contributed by atoms with Gasteiger partial charge < -0.3 is 5.11 Å². The number of sulfonamides is 1. The van der Waals surface area contributed by atoms with Gasteiger partial charge in [0.2, 0.25) is 10.0 Å². The van der Waals surface area contributed by atoms with E-state index < -0.39 is 21.4 Å². The van der Waals surface area contributed by atoms with Crippen LogP contribution in [0.15, 0.2) is 24.3 Å². The molecule has 1 fully saturated rings. The molecule has 0 aromatic heterocycles. The van der Waals surface area contributed by atoms with Gasteiger partial charge in [-0.25, -0.2) is 17.5 Å². The molecule has 0 radical (unpaired) electrons. The predicted molar refractivity (Wildman–Crippen MR) is 79.6 cm³/mol. The Bertz CT molecular complexity index is 573. The molecule has 21 heavy (non-hydrogen) atoms. The van der Waals surface area contributed by atoms with Crippen LogP contribution < -0.4 is 4.72 Å². The lowest BCUT2D eigenvalue weighted by atomic mass is 9.78. The van der Waals surface area contributed by atoms with E-state index in [1.54, 1.807) is 0 Å². The molecule has 0 bridgehead atoms. The fourth-order valence-corrected chi connectivity index (χ4v) is 4.71. The van der Waals surface area contributed by atoms with Gasteiger partial charge in [-0.05, 0) is 36.5 Å². The van der Waals surface area contributed by atoms with Crippen molar-refractivity contribution in [1.82, 2.24) is 4.72 Å². The van der Waals surface area contributed by atoms with Crippen molar-refractivity contribution in [2.45, 2.75) is 43.9 Å². The zero-order valence-corrected chi connectivity index (χ0v) is 13.0. The van der Waals surface area contributed by atoms with Crippen LogP contribution in [-0.4, -0.2) is 25.7 Å². The van der Waals surface area contributed by atoms with E-state index in [4.69, 9.17) is 0 Å². The van der Waals surface area contributed by atoms with E-state index in [-0.39, 0.29) is 12.4 Å². The maximum absolute atomic E-state index is 12.9. The fraction of sp³-hybridized carbons (Fsp3) is 0.600. The number of nitrogens with one attached hydrogen (secondary N) is 1. The first-order valence-corrected chi connectivity index (χ1v) is 8.86. The van der Waals surface area contributed by atoms with Crippen molar-refractivity contribution in [3.05, 3.63) is 35.6 Å². The lowest BCUT2D eigenvalue weighted by molar-refractivity contribution is 0.119. The molecule has 4 nitrogen and oxygen atoms in total. The third-order valence-corrected chi connectivity index (χ3v) is 5.49. The third kappa shape index (κ3) is 4.49. The molecule has 118 valence electrons. The summed E-state index contributed by atoms with van der Waals surface area (Å²) in [6.45, 7) is 1.87. The molecule has 1 aliphatic rings. The Labute approximate surface area is 125 Å². The monoisotopic (exact) mass is 315 g/mol. The van der Waals surface area contributed by atoms with Gasteiger partial charge >= 0.3 is 0 Å². The van der Waals surface area contributed by atoms with E-state index in [9.17, 15) is 17.9 Å². The van der Waals surface area contributed by atoms with E-state index in [1.807, 2.05) is 0 Å². The largest absolute Gasteiger partial charge is 0.394 e. The highest BCUT2D eigenvalue weighted by Gasteiger charge is 2.37. The van der Waals surface area contributed by atoms with Gasteiger partial charge in [0.05, 0.1) is 17.9 Å². The number of rotatable bonds is 5. The quantitative estimate of drug-likeness (QED) is 0.875.